The van der Waals surface area contributed by atoms with E-state index in [1.165, 1.54) is 0 Å². The van der Waals surface area contributed by atoms with Crippen LogP contribution < -0.4 is 4.52 Å². The Morgan fingerprint density at radius 1 is 1.83 bits per heavy atom. The standard InChI is InChI=1S/C4H8N3O2P3/c1-3(2)4(8)9-12-6-10-5-11-7-12/h6,10H,1H2,2H3,(H,5,7). The molecule has 12 heavy (non-hydrogen) atoms. The smallest absolute Gasteiger partial charge is 0.343 e. The van der Waals surface area contributed by atoms with Crippen LogP contribution in [0.1, 0.15) is 6.92 Å². The van der Waals surface area contributed by atoms with Crippen LogP contribution >= 0.6 is 25.1 Å². The van der Waals surface area contributed by atoms with Gasteiger partial charge in [0.15, 0.2) is 0 Å². The molecular formula is C4H8N3O2P3. The van der Waals surface area contributed by atoms with E-state index in [4.69, 9.17) is 4.52 Å². The van der Waals surface area contributed by atoms with Gasteiger partial charge in [-0.3, -0.25) is 4.51 Å². The van der Waals surface area contributed by atoms with E-state index in [2.05, 4.69) is 20.1 Å². The van der Waals surface area contributed by atoms with Crippen LogP contribution in [-0.4, -0.2) is 19.5 Å². The third-order valence-corrected chi connectivity index (χ3v) is 4.31. The highest BCUT2D eigenvalue weighted by molar-refractivity contribution is 7.50. The highest BCUT2D eigenvalue weighted by atomic mass is 31.2. The van der Waals surface area contributed by atoms with Crippen molar-refractivity contribution in [1.82, 2.24) is 13.5 Å². The molecule has 1 heterocycles. The van der Waals surface area contributed by atoms with Gasteiger partial charge in [-0.25, -0.2) is 4.79 Å². The molecule has 5 nitrogen and oxygen atoms in total. The lowest BCUT2D eigenvalue weighted by molar-refractivity contribution is -0.126. The summed E-state index contributed by atoms with van der Waals surface area (Å²) in [6, 6.07) is 0. The largest absolute Gasteiger partial charge is 0.378 e. The first-order chi connectivity index (χ1) is 5.70. The molecule has 66 valence electrons. The van der Waals surface area contributed by atoms with Gasteiger partial charge in [-0.1, -0.05) is 6.58 Å². The number of carbonyl (C=O) groups is 1. The molecule has 2 N–H and O–H groups in total. The predicted molar refractivity (Wildman–Crippen MR) is 51.7 cm³/mol. The number of hydrogen-bond donors (Lipinski definition) is 2. The molecule has 0 aromatic carbocycles. The van der Waals surface area contributed by atoms with Gasteiger partial charge in [-0.15, -0.1) is 4.51 Å². The van der Waals surface area contributed by atoms with E-state index in [0.717, 1.165) is 8.51 Å². The van der Waals surface area contributed by atoms with Crippen molar-refractivity contribution in [3.05, 3.63) is 12.2 Å². The molecule has 0 radical (unpaired) electrons. The highest BCUT2D eigenvalue weighted by Gasteiger charge is 2.04. The van der Waals surface area contributed by atoms with Crippen LogP contribution in [0.15, 0.2) is 12.2 Å². The van der Waals surface area contributed by atoms with Crippen LogP contribution in [0.5, 0.6) is 0 Å². The van der Waals surface area contributed by atoms with Gasteiger partial charge in [0.1, 0.15) is 8.51 Å². The summed E-state index contributed by atoms with van der Waals surface area (Å²) in [6.07, 6.45) is 0. The zero-order chi connectivity index (χ0) is 8.97. The third-order valence-electron chi connectivity index (χ3n) is 0.901. The topological polar surface area (TPSA) is 70.8 Å². The molecule has 0 aliphatic heterocycles. The van der Waals surface area contributed by atoms with E-state index < -0.39 is 8.08 Å². The number of aromatic nitrogens is 3. The van der Waals surface area contributed by atoms with E-state index in [-0.39, 0.29) is 5.97 Å². The van der Waals surface area contributed by atoms with Crippen molar-refractivity contribution in [2.45, 2.75) is 6.92 Å². The minimum atomic E-state index is -1.14. The fourth-order valence-electron chi connectivity index (χ4n) is 0.381. The molecule has 0 spiro atoms. The summed E-state index contributed by atoms with van der Waals surface area (Å²) < 4.78 is 14.8. The molecular weight excluding hydrogens is 215 g/mol. The zero-order valence-corrected chi connectivity index (χ0v) is 9.15. The Morgan fingerprint density at radius 2 is 2.58 bits per heavy atom. The Hall–Kier alpha value is -0.490. The fraction of sp³-hybridized carbons (Fsp3) is 0.250. The first-order valence-corrected chi connectivity index (χ1v) is 6.10. The van der Waals surface area contributed by atoms with Crippen molar-refractivity contribution in [3.8, 4) is 0 Å². The van der Waals surface area contributed by atoms with Gasteiger partial charge in [0, 0.05) is 14.1 Å². The maximum absolute atomic E-state index is 11.0. The van der Waals surface area contributed by atoms with Crippen LogP contribution in [-0.2, 0) is 4.79 Å². The third kappa shape index (κ3) is 2.86. The minimum absolute atomic E-state index is 0.390. The summed E-state index contributed by atoms with van der Waals surface area (Å²) in [5.74, 6) is -0.390. The molecule has 1 aromatic rings. The summed E-state index contributed by atoms with van der Waals surface area (Å²) >= 11 is 0. The van der Waals surface area contributed by atoms with E-state index >= 15 is 0 Å². The Bertz CT molecular complexity index is 304. The monoisotopic (exact) mass is 223 g/mol. The quantitative estimate of drug-likeness (QED) is 0.753. The lowest BCUT2D eigenvalue weighted by Crippen LogP contribution is -2.06. The normalized spacial score (nSPS) is 11.9. The average molecular weight is 223 g/mol. The van der Waals surface area contributed by atoms with Crippen LogP contribution in [0.25, 0.3) is 0 Å². The van der Waals surface area contributed by atoms with E-state index in [0.29, 0.717) is 14.1 Å². The summed E-state index contributed by atoms with van der Waals surface area (Å²) in [6.45, 7) is 5.08. The van der Waals surface area contributed by atoms with Gasteiger partial charge in [-0.2, -0.15) is 0 Å². The molecule has 0 amide bonds. The maximum Gasteiger partial charge on any atom is 0.343 e. The Labute approximate surface area is 73.7 Å². The second-order valence-corrected chi connectivity index (χ2v) is 5.65. The molecule has 1 aromatic heterocycles. The Morgan fingerprint density at radius 3 is 3.08 bits per heavy atom. The summed E-state index contributed by atoms with van der Waals surface area (Å²) in [5, 5.41) is 0. The summed E-state index contributed by atoms with van der Waals surface area (Å²) in [5.41, 5.74) is 0.396. The van der Waals surface area contributed by atoms with Crippen LogP contribution in [0, 0.1) is 0 Å². The number of rotatable bonds is 2. The number of nitrogens with zero attached hydrogens (tertiary/aromatic N) is 1. The lowest BCUT2D eigenvalue weighted by atomic mass is 10.4. The molecule has 2 unspecified atom stereocenters. The second-order valence-electron chi connectivity index (χ2n) is 1.97. The second kappa shape index (κ2) is 4.51. The summed E-state index contributed by atoms with van der Waals surface area (Å²) in [7, 11) is 0.0122. The first kappa shape index (κ1) is 9.60. The van der Waals surface area contributed by atoms with Crippen molar-refractivity contribution < 1.29 is 9.32 Å². The molecule has 0 aliphatic carbocycles. The zero-order valence-electron chi connectivity index (χ0n) is 6.37. The highest BCUT2D eigenvalue weighted by Crippen LogP contribution is 2.19. The molecule has 1 rings (SSSR count). The Balaban J connectivity index is 2.65. The van der Waals surface area contributed by atoms with Gasteiger partial charge in [-0.05, 0) is 6.92 Å². The lowest BCUT2D eigenvalue weighted by Gasteiger charge is -2.00. The number of H-pyrrole nitrogens is 2. The van der Waals surface area contributed by atoms with Gasteiger partial charge >= 0.3 is 5.97 Å². The summed E-state index contributed by atoms with van der Waals surface area (Å²) in [4.78, 5) is 11.0. The number of carbonyl (C=O) groups excluding carboxylic acids is 1. The number of aromatic amines is 2. The predicted octanol–water partition coefficient (Wildman–Crippen LogP) is 1.99. The van der Waals surface area contributed by atoms with Crippen LogP contribution in [0.4, 0.5) is 0 Å². The number of hydrogen-bond acceptors (Lipinski definition) is 3. The molecule has 0 saturated carbocycles. The number of nitrogens with one attached hydrogen (secondary N) is 2. The van der Waals surface area contributed by atoms with Crippen LogP contribution in [0.2, 0.25) is 0 Å². The van der Waals surface area contributed by atoms with Crippen molar-refractivity contribution in [2.24, 2.45) is 0 Å². The molecule has 0 saturated heterocycles. The van der Waals surface area contributed by atoms with E-state index in [9.17, 15) is 4.79 Å². The van der Waals surface area contributed by atoms with Crippen molar-refractivity contribution >= 4 is 31.1 Å². The Kier molecular flexibility index (Phi) is 3.61. The fourth-order valence-corrected chi connectivity index (χ4v) is 3.74. The molecule has 0 fully saturated rings. The van der Waals surface area contributed by atoms with Crippen molar-refractivity contribution in [1.29, 1.82) is 0 Å². The molecule has 0 aliphatic rings. The van der Waals surface area contributed by atoms with Gasteiger partial charge in [0.2, 0.25) is 0 Å². The van der Waals surface area contributed by atoms with Gasteiger partial charge in [0.25, 0.3) is 8.08 Å². The SMILES string of the molecule is C=C(C)C(=O)Op1np[nH][pH][nH]1. The average Bonchev–Trinajstić information content (AvgIpc) is 2.06. The minimum Gasteiger partial charge on any atom is -0.378 e. The van der Waals surface area contributed by atoms with Gasteiger partial charge in [0.05, 0.1) is 0 Å². The molecule has 2 atom stereocenters. The molecule has 8 heteroatoms. The van der Waals surface area contributed by atoms with Crippen molar-refractivity contribution in [3.63, 3.8) is 0 Å². The maximum atomic E-state index is 11.0. The van der Waals surface area contributed by atoms with E-state index in [1.54, 1.807) is 6.92 Å². The van der Waals surface area contributed by atoms with Crippen molar-refractivity contribution in [2.75, 3.05) is 0 Å². The van der Waals surface area contributed by atoms with Gasteiger partial charge < -0.3 is 9.03 Å². The van der Waals surface area contributed by atoms with E-state index in [1.807, 2.05) is 0 Å². The van der Waals surface area contributed by atoms with Crippen LogP contribution in [0.3, 0.4) is 0 Å². The first-order valence-electron chi connectivity index (χ1n) is 3.04. The molecule has 0 bridgehead atoms.